The third kappa shape index (κ3) is 4.20. The fraction of sp³-hybridized carbons (Fsp3) is 0.462. The Bertz CT molecular complexity index is 457. The van der Waals surface area contributed by atoms with Crippen molar-refractivity contribution in [3.8, 4) is 0 Å². The average Bonchev–Trinajstić information content (AvgIpc) is 2.47. The van der Waals surface area contributed by atoms with E-state index in [-0.39, 0.29) is 11.8 Å². The fourth-order valence-corrected chi connectivity index (χ4v) is 2.25. The summed E-state index contributed by atoms with van der Waals surface area (Å²) >= 11 is 0. The predicted octanol–water partition coefficient (Wildman–Crippen LogP) is -2.63. The molecule has 0 aromatic carbocycles. The number of hydrogen-bond acceptors (Lipinski definition) is 3. The summed E-state index contributed by atoms with van der Waals surface area (Å²) in [6.45, 7) is 5.36. The SMILES string of the molecule is CC(=O)NNC(=O)C[NH+]1CCN(c2cccc[nH+]2)CC1. The van der Waals surface area contributed by atoms with Crippen LogP contribution in [0.3, 0.4) is 0 Å². The number of carbonyl (C=O) groups excluding carboxylic acids is 2. The number of aromatic amines is 1. The molecule has 0 radical (unpaired) electrons. The van der Waals surface area contributed by atoms with E-state index in [1.54, 1.807) is 0 Å². The maximum absolute atomic E-state index is 11.6. The molecule has 2 rings (SSSR count). The van der Waals surface area contributed by atoms with Crippen LogP contribution in [0.4, 0.5) is 5.82 Å². The minimum atomic E-state index is -0.266. The first-order valence-corrected chi connectivity index (χ1v) is 6.76. The number of H-pyrrole nitrogens is 1. The van der Waals surface area contributed by atoms with E-state index in [4.69, 9.17) is 0 Å². The number of rotatable bonds is 3. The second-order valence-corrected chi connectivity index (χ2v) is 4.89. The first-order chi connectivity index (χ1) is 9.65. The van der Waals surface area contributed by atoms with Gasteiger partial charge in [0.15, 0.2) is 6.54 Å². The van der Waals surface area contributed by atoms with Gasteiger partial charge < -0.3 is 4.90 Å². The van der Waals surface area contributed by atoms with E-state index in [0.717, 1.165) is 32.0 Å². The highest BCUT2D eigenvalue weighted by molar-refractivity contribution is 5.81. The van der Waals surface area contributed by atoms with Crippen LogP contribution >= 0.6 is 0 Å². The third-order valence-corrected chi connectivity index (χ3v) is 3.29. The molecule has 0 saturated carbocycles. The van der Waals surface area contributed by atoms with Crippen LogP contribution in [0.5, 0.6) is 0 Å². The summed E-state index contributed by atoms with van der Waals surface area (Å²) in [5, 5.41) is 0. The van der Waals surface area contributed by atoms with Gasteiger partial charge in [-0.15, -0.1) is 0 Å². The molecule has 1 aliphatic heterocycles. The van der Waals surface area contributed by atoms with Gasteiger partial charge in [0.05, 0.1) is 6.20 Å². The molecule has 0 aliphatic carbocycles. The minimum absolute atomic E-state index is 0.157. The highest BCUT2D eigenvalue weighted by Crippen LogP contribution is 2.04. The van der Waals surface area contributed by atoms with Gasteiger partial charge in [-0.1, -0.05) is 6.07 Å². The first-order valence-electron chi connectivity index (χ1n) is 6.76. The number of nitrogens with zero attached hydrogens (tertiary/aromatic N) is 1. The number of anilines is 1. The van der Waals surface area contributed by atoms with Gasteiger partial charge in [0.25, 0.3) is 11.7 Å². The Balaban J connectivity index is 1.74. The third-order valence-electron chi connectivity index (χ3n) is 3.29. The van der Waals surface area contributed by atoms with Gasteiger partial charge in [-0.3, -0.25) is 25.3 Å². The van der Waals surface area contributed by atoms with Crippen molar-refractivity contribution >= 4 is 17.6 Å². The Hall–Kier alpha value is -2.15. The highest BCUT2D eigenvalue weighted by Gasteiger charge is 2.27. The molecule has 0 spiro atoms. The molecule has 1 aromatic heterocycles. The standard InChI is InChI=1S/C13H19N5O2/c1-11(19)15-16-13(20)10-17-6-8-18(9-7-17)12-4-2-3-5-14-12/h2-5H,6-10H2,1H3,(H,15,19)(H,16,20)/p+2. The highest BCUT2D eigenvalue weighted by atomic mass is 16.2. The fourth-order valence-electron chi connectivity index (χ4n) is 2.25. The zero-order valence-corrected chi connectivity index (χ0v) is 11.6. The number of amides is 2. The van der Waals surface area contributed by atoms with Crippen LogP contribution in [-0.4, -0.2) is 44.5 Å². The molecular formula is C13H21N5O2+2. The molecule has 108 valence electrons. The molecule has 4 N–H and O–H groups in total. The van der Waals surface area contributed by atoms with Gasteiger partial charge in [-0.05, 0) is 6.07 Å². The maximum atomic E-state index is 11.6. The van der Waals surface area contributed by atoms with Gasteiger partial charge in [0, 0.05) is 13.0 Å². The Morgan fingerprint density at radius 2 is 2.05 bits per heavy atom. The lowest BCUT2D eigenvalue weighted by atomic mass is 10.3. The molecule has 20 heavy (non-hydrogen) atoms. The lowest BCUT2D eigenvalue weighted by molar-refractivity contribution is -0.892. The number of pyridine rings is 1. The van der Waals surface area contributed by atoms with Crippen LogP contribution in [0.2, 0.25) is 0 Å². The van der Waals surface area contributed by atoms with Crippen LogP contribution in [0.25, 0.3) is 0 Å². The molecule has 1 fully saturated rings. The molecule has 1 aliphatic rings. The minimum Gasteiger partial charge on any atom is -0.321 e. The molecule has 0 unspecified atom stereocenters. The number of carbonyl (C=O) groups is 2. The van der Waals surface area contributed by atoms with Crippen molar-refractivity contribution in [3.05, 3.63) is 24.4 Å². The predicted molar refractivity (Wildman–Crippen MR) is 72.7 cm³/mol. The first kappa shape index (κ1) is 14.3. The van der Waals surface area contributed by atoms with Gasteiger partial charge in [-0.2, -0.15) is 0 Å². The molecule has 1 aromatic rings. The molecule has 7 nitrogen and oxygen atoms in total. The molecule has 1 saturated heterocycles. The molecule has 0 atom stereocenters. The number of piperazine rings is 1. The molecular weight excluding hydrogens is 258 g/mol. The number of quaternary nitrogens is 1. The quantitative estimate of drug-likeness (QED) is 0.530. The monoisotopic (exact) mass is 279 g/mol. The Morgan fingerprint density at radius 3 is 2.65 bits per heavy atom. The Morgan fingerprint density at radius 1 is 1.30 bits per heavy atom. The van der Waals surface area contributed by atoms with Gasteiger partial charge >= 0.3 is 0 Å². The number of aromatic nitrogens is 1. The number of nitrogens with one attached hydrogen (secondary N) is 4. The van der Waals surface area contributed by atoms with Crippen molar-refractivity contribution in [3.63, 3.8) is 0 Å². The van der Waals surface area contributed by atoms with E-state index in [0.29, 0.717) is 6.54 Å². The lowest BCUT2D eigenvalue weighted by Crippen LogP contribution is -3.16. The van der Waals surface area contributed by atoms with E-state index in [2.05, 4.69) is 26.8 Å². The Kier molecular flexibility index (Phi) is 4.89. The second kappa shape index (κ2) is 6.85. The molecule has 7 heteroatoms. The number of hydrazine groups is 1. The van der Waals surface area contributed by atoms with Crippen LogP contribution in [0.1, 0.15) is 6.92 Å². The van der Waals surface area contributed by atoms with E-state index in [1.165, 1.54) is 11.8 Å². The lowest BCUT2D eigenvalue weighted by Gasteiger charge is -2.27. The van der Waals surface area contributed by atoms with Crippen LogP contribution < -0.4 is 25.6 Å². The number of hydrogen-bond donors (Lipinski definition) is 3. The van der Waals surface area contributed by atoms with Gasteiger partial charge in [0.2, 0.25) is 5.91 Å². The summed E-state index contributed by atoms with van der Waals surface area (Å²) in [5.74, 6) is 0.682. The average molecular weight is 279 g/mol. The molecule has 0 bridgehead atoms. The van der Waals surface area contributed by atoms with Crippen LogP contribution in [0, 0.1) is 0 Å². The zero-order valence-electron chi connectivity index (χ0n) is 11.6. The van der Waals surface area contributed by atoms with E-state index >= 15 is 0 Å². The van der Waals surface area contributed by atoms with Crippen LogP contribution in [-0.2, 0) is 9.59 Å². The smallest absolute Gasteiger partial charge is 0.293 e. The van der Waals surface area contributed by atoms with E-state index < -0.39 is 0 Å². The van der Waals surface area contributed by atoms with Crippen molar-refractivity contribution < 1.29 is 19.5 Å². The van der Waals surface area contributed by atoms with Gasteiger partial charge in [-0.25, -0.2) is 4.98 Å². The normalized spacial score (nSPS) is 15.8. The van der Waals surface area contributed by atoms with Crippen molar-refractivity contribution in [2.45, 2.75) is 6.92 Å². The summed E-state index contributed by atoms with van der Waals surface area (Å²) in [4.78, 5) is 29.0. The Labute approximate surface area is 117 Å². The molecule has 2 heterocycles. The van der Waals surface area contributed by atoms with Crippen molar-refractivity contribution in [2.75, 3.05) is 37.6 Å². The van der Waals surface area contributed by atoms with Crippen molar-refractivity contribution in [1.29, 1.82) is 0 Å². The van der Waals surface area contributed by atoms with Crippen molar-refractivity contribution in [2.24, 2.45) is 0 Å². The maximum Gasteiger partial charge on any atom is 0.293 e. The largest absolute Gasteiger partial charge is 0.321 e. The second-order valence-electron chi connectivity index (χ2n) is 4.89. The summed E-state index contributed by atoms with van der Waals surface area (Å²) in [7, 11) is 0. The van der Waals surface area contributed by atoms with E-state index in [9.17, 15) is 9.59 Å². The van der Waals surface area contributed by atoms with Gasteiger partial charge in [0.1, 0.15) is 26.2 Å². The summed E-state index contributed by atoms with van der Waals surface area (Å²) in [5.41, 5.74) is 4.70. The van der Waals surface area contributed by atoms with E-state index in [1.807, 2.05) is 18.3 Å². The summed E-state index contributed by atoms with van der Waals surface area (Å²) in [6.07, 6.45) is 1.91. The zero-order chi connectivity index (χ0) is 14.4. The summed E-state index contributed by atoms with van der Waals surface area (Å²) < 4.78 is 0. The summed E-state index contributed by atoms with van der Waals surface area (Å²) in [6, 6.07) is 6.01. The molecule has 2 amide bonds. The van der Waals surface area contributed by atoms with Crippen LogP contribution in [0.15, 0.2) is 24.4 Å². The van der Waals surface area contributed by atoms with Crippen molar-refractivity contribution in [1.82, 2.24) is 10.9 Å². The topological polar surface area (TPSA) is 80.0 Å².